The second-order valence-corrected chi connectivity index (χ2v) is 11.0. The van der Waals surface area contributed by atoms with Crippen LogP contribution in [0.5, 0.6) is 5.75 Å². The standard InChI is InChI=1S/C26H36F2N2O4/c1-32-15-34-21-9-23(27)22(24(28)10-21)14-33-20-4-2-19(3-5-20)29-25(31)30-26-11-16-6-17(12-26)8-18(7-16)13-26/h9-10,16-20H,2-8,11-15H2,1H3,(H2,29,30,31). The van der Waals surface area contributed by atoms with Crippen LogP contribution in [0, 0.1) is 29.4 Å². The summed E-state index contributed by atoms with van der Waals surface area (Å²) in [5.74, 6) is 1.08. The highest BCUT2D eigenvalue weighted by atomic mass is 19.1. The first-order valence-electron chi connectivity index (χ1n) is 12.7. The first-order chi connectivity index (χ1) is 16.4. The maximum atomic E-state index is 14.3. The van der Waals surface area contributed by atoms with E-state index in [0.717, 1.165) is 74.8 Å². The summed E-state index contributed by atoms with van der Waals surface area (Å²) in [7, 11) is 1.44. The fourth-order valence-electron chi connectivity index (χ4n) is 7.23. The number of ether oxygens (including phenoxy) is 3. The van der Waals surface area contributed by atoms with Gasteiger partial charge in [0, 0.05) is 36.4 Å². The Morgan fingerprint density at radius 1 is 1.00 bits per heavy atom. The summed E-state index contributed by atoms with van der Waals surface area (Å²) < 4.78 is 44.3. The minimum Gasteiger partial charge on any atom is -0.467 e. The lowest BCUT2D eigenvalue weighted by Gasteiger charge is -2.56. The van der Waals surface area contributed by atoms with Crippen LogP contribution in [0.2, 0.25) is 0 Å². The van der Waals surface area contributed by atoms with Gasteiger partial charge in [0.1, 0.15) is 17.4 Å². The molecule has 2 N–H and O–H groups in total. The molecule has 0 atom stereocenters. The third-order valence-corrected chi connectivity index (χ3v) is 8.35. The third-order valence-electron chi connectivity index (χ3n) is 8.35. The van der Waals surface area contributed by atoms with E-state index in [1.807, 2.05) is 0 Å². The van der Waals surface area contributed by atoms with E-state index in [1.54, 1.807) is 0 Å². The molecule has 0 unspecified atom stereocenters. The molecule has 1 aromatic carbocycles. The van der Waals surface area contributed by atoms with Gasteiger partial charge in [-0.15, -0.1) is 0 Å². The zero-order valence-corrected chi connectivity index (χ0v) is 19.9. The van der Waals surface area contributed by atoms with Gasteiger partial charge in [0.2, 0.25) is 0 Å². The minimum absolute atomic E-state index is 0.0114. The second-order valence-electron chi connectivity index (χ2n) is 11.0. The van der Waals surface area contributed by atoms with Gasteiger partial charge in [-0.2, -0.15) is 0 Å². The molecule has 4 bridgehead atoms. The van der Waals surface area contributed by atoms with Gasteiger partial charge in [-0.1, -0.05) is 0 Å². The Labute approximate surface area is 200 Å². The molecular formula is C26H36F2N2O4. The Balaban J connectivity index is 1.06. The molecule has 6 rings (SSSR count). The average Bonchev–Trinajstić information content (AvgIpc) is 2.77. The predicted octanol–water partition coefficient (Wildman–Crippen LogP) is 5.04. The van der Waals surface area contributed by atoms with Crippen molar-refractivity contribution in [2.24, 2.45) is 17.8 Å². The van der Waals surface area contributed by atoms with E-state index in [1.165, 1.54) is 26.4 Å². The van der Waals surface area contributed by atoms with Crippen molar-refractivity contribution in [3.63, 3.8) is 0 Å². The zero-order valence-electron chi connectivity index (χ0n) is 19.9. The number of benzene rings is 1. The number of carbonyl (C=O) groups is 1. The molecule has 5 aliphatic rings. The third kappa shape index (κ3) is 5.33. The van der Waals surface area contributed by atoms with E-state index in [0.29, 0.717) is 0 Å². The van der Waals surface area contributed by atoms with Crippen molar-refractivity contribution in [3.8, 4) is 5.75 Å². The van der Waals surface area contributed by atoms with Gasteiger partial charge in [-0.3, -0.25) is 0 Å². The number of carbonyl (C=O) groups excluding carboxylic acids is 1. The normalized spacial score (nSPS) is 34.1. The van der Waals surface area contributed by atoms with Gasteiger partial charge in [0.25, 0.3) is 0 Å². The van der Waals surface area contributed by atoms with Crippen molar-refractivity contribution >= 4 is 6.03 Å². The van der Waals surface area contributed by atoms with Gasteiger partial charge < -0.3 is 24.8 Å². The van der Waals surface area contributed by atoms with Crippen molar-refractivity contribution in [1.82, 2.24) is 10.6 Å². The lowest BCUT2D eigenvalue weighted by Crippen LogP contribution is -2.62. The van der Waals surface area contributed by atoms with Crippen LogP contribution in [0.3, 0.4) is 0 Å². The molecule has 5 aliphatic carbocycles. The van der Waals surface area contributed by atoms with E-state index in [-0.39, 0.29) is 48.4 Å². The number of urea groups is 1. The fraction of sp³-hybridized carbons (Fsp3) is 0.731. The molecule has 0 saturated heterocycles. The lowest BCUT2D eigenvalue weighted by molar-refractivity contribution is -0.0142. The van der Waals surface area contributed by atoms with Crippen molar-refractivity contribution in [2.75, 3.05) is 13.9 Å². The second kappa shape index (κ2) is 9.97. The number of hydrogen-bond acceptors (Lipinski definition) is 4. The van der Waals surface area contributed by atoms with E-state index in [2.05, 4.69) is 10.6 Å². The summed E-state index contributed by atoms with van der Waals surface area (Å²) in [4.78, 5) is 12.8. The summed E-state index contributed by atoms with van der Waals surface area (Å²) in [6.45, 7) is -0.204. The summed E-state index contributed by atoms with van der Waals surface area (Å²) in [6, 6.07) is 2.36. The fourth-order valence-corrected chi connectivity index (χ4v) is 7.23. The number of nitrogens with one attached hydrogen (secondary N) is 2. The molecule has 0 heterocycles. The Kier molecular flexibility index (Phi) is 6.98. The minimum atomic E-state index is -0.692. The van der Waals surface area contributed by atoms with E-state index in [4.69, 9.17) is 14.2 Å². The van der Waals surface area contributed by atoms with Crippen LogP contribution >= 0.6 is 0 Å². The molecular weight excluding hydrogens is 442 g/mol. The average molecular weight is 479 g/mol. The van der Waals surface area contributed by atoms with Gasteiger partial charge in [0.15, 0.2) is 6.79 Å². The number of rotatable bonds is 8. The van der Waals surface area contributed by atoms with Gasteiger partial charge >= 0.3 is 6.03 Å². The molecule has 5 fully saturated rings. The number of hydrogen-bond donors (Lipinski definition) is 2. The lowest BCUT2D eigenvalue weighted by atomic mass is 9.53. The Morgan fingerprint density at radius 3 is 2.15 bits per heavy atom. The summed E-state index contributed by atoms with van der Waals surface area (Å²) in [5.41, 5.74) is -0.0859. The van der Waals surface area contributed by atoms with Crippen LogP contribution < -0.4 is 15.4 Å². The number of methoxy groups -OCH3 is 1. The van der Waals surface area contributed by atoms with Crippen molar-refractivity contribution < 1.29 is 27.8 Å². The zero-order chi connectivity index (χ0) is 23.7. The van der Waals surface area contributed by atoms with Crippen LogP contribution in [0.1, 0.15) is 69.8 Å². The monoisotopic (exact) mass is 478 g/mol. The molecule has 2 amide bonds. The Hall–Kier alpha value is -1.93. The molecule has 0 aromatic heterocycles. The number of halogens is 2. The van der Waals surface area contributed by atoms with E-state index in [9.17, 15) is 13.6 Å². The molecule has 0 aliphatic heterocycles. The van der Waals surface area contributed by atoms with Crippen molar-refractivity contribution in [2.45, 2.75) is 88.5 Å². The smallest absolute Gasteiger partial charge is 0.315 e. The molecule has 0 spiro atoms. The highest BCUT2D eigenvalue weighted by Gasteiger charge is 2.51. The van der Waals surface area contributed by atoms with Crippen LogP contribution in [-0.2, 0) is 16.1 Å². The van der Waals surface area contributed by atoms with Crippen LogP contribution in [0.15, 0.2) is 12.1 Å². The topological polar surface area (TPSA) is 68.8 Å². The van der Waals surface area contributed by atoms with E-state index < -0.39 is 11.6 Å². The summed E-state index contributed by atoms with van der Waals surface area (Å²) in [5, 5.41) is 6.56. The van der Waals surface area contributed by atoms with Crippen molar-refractivity contribution in [3.05, 3.63) is 29.3 Å². The molecule has 34 heavy (non-hydrogen) atoms. The molecule has 6 nitrogen and oxygen atoms in total. The van der Waals surface area contributed by atoms with Crippen molar-refractivity contribution in [1.29, 1.82) is 0 Å². The maximum absolute atomic E-state index is 14.3. The first-order valence-corrected chi connectivity index (χ1v) is 12.7. The van der Waals surface area contributed by atoms with Crippen LogP contribution in [-0.4, -0.2) is 37.6 Å². The Bertz CT molecular complexity index is 829. The molecule has 188 valence electrons. The molecule has 5 saturated carbocycles. The van der Waals surface area contributed by atoms with E-state index >= 15 is 0 Å². The highest BCUT2D eigenvalue weighted by molar-refractivity contribution is 5.75. The van der Waals surface area contributed by atoms with Crippen LogP contribution in [0.25, 0.3) is 0 Å². The molecule has 1 aromatic rings. The summed E-state index contributed by atoms with van der Waals surface area (Å²) >= 11 is 0. The summed E-state index contributed by atoms with van der Waals surface area (Å²) in [6.07, 6.45) is 10.5. The highest BCUT2D eigenvalue weighted by Crippen LogP contribution is 2.55. The van der Waals surface area contributed by atoms with Gasteiger partial charge in [0.05, 0.1) is 12.7 Å². The largest absolute Gasteiger partial charge is 0.467 e. The quantitative estimate of drug-likeness (QED) is 0.514. The first kappa shape index (κ1) is 23.8. The van der Waals surface area contributed by atoms with Crippen LogP contribution in [0.4, 0.5) is 13.6 Å². The number of amides is 2. The molecule has 0 radical (unpaired) electrons. The van der Waals surface area contributed by atoms with Gasteiger partial charge in [-0.25, -0.2) is 13.6 Å². The molecule has 8 heteroatoms. The van der Waals surface area contributed by atoms with Gasteiger partial charge in [-0.05, 0) is 82.0 Å². The Morgan fingerprint density at radius 2 is 1.59 bits per heavy atom. The predicted molar refractivity (Wildman–Crippen MR) is 122 cm³/mol. The SMILES string of the molecule is COCOc1cc(F)c(COC2CCC(NC(=O)NC34CC5CC(CC(C5)C3)C4)CC2)c(F)c1. The maximum Gasteiger partial charge on any atom is 0.315 e.